The summed E-state index contributed by atoms with van der Waals surface area (Å²) in [6.07, 6.45) is 3.61. The number of amides is 1. The van der Waals surface area contributed by atoms with Crippen LogP contribution in [0.5, 0.6) is 0 Å². The molecule has 0 unspecified atom stereocenters. The number of nitrogens with one attached hydrogen (secondary N) is 1. The van der Waals surface area contributed by atoms with Gasteiger partial charge < -0.3 is 20.4 Å². The fraction of sp³-hybridized carbons (Fsp3) is 0.333. The molecule has 0 spiro atoms. The van der Waals surface area contributed by atoms with E-state index in [9.17, 15) is 18.7 Å². The molecule has 3 aromatic rings. The summed E-state index contributed by atoms with van der Waals surface area (Å²) in [7, 11) is 0. The highest BCUT2D eigenvalue weighted by Gasteiger charge is 2.29. The number of anilines is 1. The van der Waals surface area contributed by atoms with E-state index >= 15 is 0 Å². The molecule has 3 N–H and O–H groups in total. The molecule has 158 valence electrons. The third kappa shape index (κ3) is 3.86. The molecule has 1 aliphatic rings. The van der Waals surface area contributed by atoms with Crippen molar-refractivity contribution in [3.8, 4) is 0 Å². The molecule has 1 aliphatic heterocycles. The van der Waals surface area contributed by atoms with Gasteiger partial charge in [-0.2, -0.15) is 5.10 Å². The highest BCUT2D eigenvalue weighted by atomic mass is 19.1. The highest BCUT2D eigenvalue weighted by molar-refractivity contribution is 6.01. The van der Waals surface area contributed by atoms with E-state index < -0.39 is 30.3 Å². The van der Waals surface area contributed by atoms with E-state index in [2.05, 4.69) is 10.4 Å². The molecule has 2 aromatic heterocycles. The van der Waals surface area contributed by atoms with E-state index in [1.165, 1.54) is 12.3 Å². The Morgan fingerprint density at radius 2 is 2.13 bits per heavy atom. The predicted octanol–water partition coefficient (Wildman–Crippen LogP) is 2.04. The number of halogens is 2. The van der Waals surface area contributed by atoms with Crippen molar-refractivity contribution < 1.29 is 23.8 Å². The van der Waals surface area contributed by atoms with Gasteiger partial charge in [0.25, 0.3) is 5.91 Å². The zero-order valence-electron chi connectivity index (χ0n) is 16.1. The van der Waals surface area contributed by atoms with Gasteiger partial charge in [0.1, 0.15) is 11.6 Å². The molecular formula is C21H22F2N4O3. The summed E-state index contributed by atoms with van der Waals surface area (Å²) in [6.45, 7) is 0.140. The SMILES string of the molecule is O=C(NC[C@@H](O)CO)c1cnn2ccc(N3CCC[C@@H]3c3cc(F)ccc3F)cc12. The number of aromatic nitrogens is 2. The molecule has 1 amide bonds. The Morgan fingerprint density at radius 3 is 2.93 bits per heavy atom. The number of rotatable bonds is 6. The number of carbonyl (C=O) groups is 1. The Balaban J connectivity index is 1.64. The molecule has 1 saturated heterocycles. The number of fused-ring (bicyclic) bond motifs is 1. The van der Waals surface area contributed by atoms with Gasteiger partial charge in [-0.1, -0.05) is 0 Å². The summed E-state index contributed by atoms with van der Waals surface area (Å²) in [5, 5.41) is 25.1. The zero-order chi connectivity index (χ0) is 21.3. The molecule has 30 heavy (non-hydrogen) atoms. The number of aliphatic hydroxyl groups excluding tert-OH is 2. The van der Waals surface area contributed by atoms with E-state index in [-0.39, 0.29) is 12.6 Å². The monoisotopic (exact) mass is 416 g/mol. The van der Waals surface area contributed by atoms with Crippen LogP contribution in [0, 0.1) is 11.6 Å². The molecule has 0 bridgehead atoms. The van der Waals surface area contributed by atoms with Crippen molar-refractivity contribution in [2.75, 3.05) is 24.6 Å². The van der Waals surface area contributed by atoms with Gasteiger partial charge in [-0.15, -0.1) is 0 Å². The number of carbonyl (C=O) groups excluding carboxylic acids is 1. The number of hydrogen-bond acceptors (Lipinski definition) is 5. The van der Waals surface area contributed by atoms with Gasteiger partial charge in [-0.05, 0) is 43.2 Å². The molecular weight excluding hydrogens is 394 g/mol. The van der Waals surface area contributed by atoms with Gasteiger partial charge in [-0.25, -0.2) is 13.3 Å². The van der Waals surface area contributed by atoms with Crippen LogP contribution < -0.4 is 10.2 Å². The van der Waals surface area contributed by atoms with E-state index in [0.717, 1.165) is 24.2 Å². The Kier molecular flexibility index (Phi) is 5.65. The van der Waals surface area contributed by atoms with Crippen LogP contribution in [-0.4, -0.2) is 51.5 Å². The van der Waals surface area contributed by atoms with Gasteiger partial charge in [0, 0.05) is 30.5 Å². The first-order valence-electron chi connectivity index (χ1n) is 9.74. The van der Waals surface area contributed by atoms with Gasteiger partial charge in [0.2, 0.25) is 0 Å². The first-order valence-corrected chi connectivity index (χ1v) is 9.74. The topological polar surface area (TPSA) is 90.1 Å². The molecule has 1 aromatic carbocycles. The Morgan fingerprint density at radius 1 is 1.30 bits per heavy atom. The molecule has 0 saturated carbocycles. The molecule has 2 atom stereocenters. The second kappa shape index (κ2) is 8.37. The smallest absolute Gasteiger partial charge is 0.255 e. The van der Waals surface area contributed by atoms with Gasteiger partial charge >= 0.3 is 0 Å². The summed E-state index contributed by atoms with van der Waals surface area (Å²) in [5.41, 5.74) is 1.96. The first-order chi connectivity index (χ1) is 14.5. The van der Waals surface area contributed by atoms with Crippen molar-refractivity contribution >= 4 is 17.1 Å². The van der Waals surface area contributed by atoms with Crippen LogP contribution in [0.2, 0.25) is 0 Å². The van der Waals surface area contributed by atoms with Crippen molar-refractivity contribution in [3.63, 3.8) is 0 Å². The summed E-state index contributed by atoms with van der Waals surface area (Å²) >= 11 is 0. The average molecular weight is 416 g/mol. The van der Waals surface area contributed by atoms with E-state index in [4.69, 9.17) is 5.11 Å². The standard InChI is InChI=1S/C21H22F2N4O3/c22-13-3-4-18(23)16(8-13)19-2-1-6-26(19)14-5-7-27-20(9-14)17(11-25-27)21(30)24-10-15(29)12-28/h3-5,7-9,11,15,19,28-29H,1-2,6,10,12H2,(H,24,30)/t15-,19-/m1/s1. The molecule has 0 radical (unpaired) electrons. The minimum absolute atomic E-state index is 0.0839. The number of nitrogens with zero attached hydrogens (tertiary/aromatic N) is 3. The Hall–Kier alpha value is -3.04. The lowest BCUT2D eigenvalue weighted by Gasteiger charge is -2.27. The minimum atomic E-state index is -1.04. The van der Waals surface area contributed by atoms with Crippen LogP contribution in [0.3, 0.4) is 0 Å². The summed E-state index contributed by atoms with van der Waals surface area (Å²) in [6, 6.07) is 6.80. The number of pyridine rings is 1. The Bertz CT molecular complexity index is 1070. The predicted molar refractivity (Wildman–Crippen MR) is 106 cm³/mol. The lowest BCUT2D eigenvalue weighted by Crippen LogP contribution is -2.33. The van der Waals surface area contributed by atoms with Crippen LogP contribution in [0.4, 0.5) is 14.5 Å². The largest absolute Gasteiger partial charge is 0.394 e. The summed E-state index contributed by atoms with van der Waals surface area (Å²) in [5.74, 6) is -1.35. The van der Waals surface area contributed by atoms with Crippen LogP contribution in [0.25, 0.3) is 5.52 Å². The number of aliphatic hydroxyl groups is 2. The van der Waals surface area contributed by atoms with Crippen molar-refractivity contribution in [1.82, 2.24) is 14.9 Å². The normalized spacial score (nSPS) is 17.5. The number of hydrogen-bond donors (Lipinski definition) is 3. The van der Waals surface area contributed by atoms with Crippen LogP contribution in [0.1, 0.15) is 34.8 Å². The van der Waals surface area contributed by atoms with Gasteiger partial charge in [0.05, 0.1) is 36.0 Å². The van der Waals surface area contributed by atoms with Gasteiger partial charge in [-0.3, -0.25) is 4.79 Å². The second-order valence-electron chi connectivity index (χ2n) is 7.34. The van der Waals surface area contributed by atoms with E-state index in [1.807, 2.05) is 11.0 Å². The van der Waals surface area contributed by atoms with E-state index in [1.54, 1.807) is 16.8 Å². The third-order valence-electron chi connectivity index (χ3n) is 5.36. The highest BCUT2D eigenvalue weighted by Crippen LogP contribution is 2.38. The maximum Gasteiger partial charge on any atom is 0.255 e. The Labute approximate surface area is 171 Å². The summed E-state index contributed by atoms with van der Waals surface area (Å²) in [4.78, 5) is 14.5. The van der Waals surface area contributed by atoms with Crippen molar-refractivity contribution in [1.29, 1.82) is 0 Å². The fourth-order valence-corrected chi connectivity index (χ4v) is 3.86. The molecule has 0 aliphatic carbocycles. The maximum atomic E-state index is 14.4. The van der Waals surface area contributed by atoms with E-state index in [0.29, 0.717) is 29.6 Å². The van der Waals surface area contributed by atoms with Crippen LogP contribution in [0.15, 0.2) is 42.7 Å². The lowest BCUT2D eigenvalue weighted by molar-refractivity contribution is 0.0803. The molecule has 1 fully saturated rings. The third-order valence-corrected chi connectivity index (χ3v) is 5.36. The zero-order valence-corrected chi connectivity index (χ0v) is 16.1. The molecule has 4 rings (SSSR count). The van der Waals surface area contributed by atoms with Crippen molar-refractivity contribution in [3.05, 3.63) is 65.5 Å². The minimum Gasteiger partial charge on any atom is -0.394 e. The van der Waals surface area contributed by atoms with Crippen molar-refractivity contribution in [2.24, 2.45) is 0 Å². The molecule has 3 heterocycles. The molecule has 9 heteroatoms. The van der Waals surface area contributed by atoms with Gasteiger partial charge in [0.15, 0.2) is 0 Å². The number of benzene rings is 1. The second-order valence-corrected chi connectivity index (χ2v) is 7.34. The fourth-order valence-electron chi connectivity index (χ4n) is 3.86. The lowest BCUT2D eigenvalue weighted by atomic mass is 10.0. The summed E-state index contributed by atoms with van der Waals surface area (Å²) < 4.78 is 29.6. The van der Waals surface area contributed by atoms with Crippen molar-refractivity contribution in [2.45, 2.75) is 25.0 Å². The molecule has 7 nitrogen and oxygen atoms in total. The average Bonchev–Trinajstić information content (AvgIpc) is 3.40. The maximum absolute atomic E-state index is 14.4. The van der Waals surface area contributed by atoms with Crippen LogP contribution >= 0.6 is 0 Å². The first kappa shape index (κ1) is 20.2. The quantitative estimate of drug-likeness (QED) is 0.572. The van der Waals surface area contributed by atoms with Crippen LogP contribution in [-0.2, 0) is 0 Å².